The number of aryl methyl sites for hydroxylation is 1. The molecule has 0 aliphatic carbocycles. The Labute approximate surface area is 174 Å². The van der Waals surface area contributed by atoms with Crippen LogP contribution in [0.4, 0.5) is 5.69 Å². The van der Waals surface area contributed by atoms with Gasteiger partial charge in [-0.3, -0.25) is 24.1 Å². The van der Waals surface area contributed by atoms with Crippen molar-refractivity contribution in [3.63, 3.8) is 0 Å². The zero-order chi connectivity index (χ0) is 21.3. The van der Waals surface area contributed by atoms with Gasteiger partial charge in [-0.05, 0) is 31.2 Å². The summed E-state index contributed by atoms with van der Waals surface area (Å²) < 4.78 is 0. The molecule has 30 heavy (non-hydrogen) atoms. The summed E-state index contributed by atoms with van der Waals surface area (Å²) in [5.41, 5.74) is 2.75. The Hall–Kier alpha value is -3.48. The first-order valence-corrected chi connectivity index (χ1v) is 10.0. The van der Waals surface area contributed by atoms with Crippen LogP contribution in [0.3, 0.4) is 0 Å². The van der Waals surface area contributed by atoms with Crippen LogP contribution >= 0.6 is 0 Å². The van der Waals surface area contributed by atoms with Gasteiger partial charge in [-0.25, -0.2) is 0 Å². The van der Waals surface area contributed by atoms with Crippen LogP contribution in [-0.4, -0.2) is 48.2 Å². The molecule has 0 saturated carbocycles. The Morgan fingerprint density at radius 2 is 1.63 bits per heavy atom. The molecule has 4 amide bonds. The molecule has 2 heterocycles. The summed E-state index contributed by atoms with van der Waals surface area (Å²) in [7, 11) is 0. The molecule has 7 nitrogen and oxygen atoms in total. The highest BCUT2D eigenvalue weighted by atomic mass is 16.2. The average molecular weight is 405 g/mol. The summed E-state index contributed by atoms with van der Waals surface area (Å²) in [4.78, 5) is 52.1. The van der Waals surface area contributed by atoms with Crippen molar-refractivity contribution in [3.05, 3.63) is 65.2 Å². The summed E-state index contributed by atoms with van der Waals surface area (Å²) >= 11 is 0. The normalized spacial score (nSPS) is 18.2. The molecule has 2 aromatic rings. The highest BCUT2D eigenvalue weighted by molar-refractivity contribution is 6.21. The van der Waals surface area contributed by atoms with Gasteiger partial charge in [-0.1, -0.05) is 29.8 Å². The Balaban J connectivity index is 1.26. The van der Waals surface area contributed by atoms with Gasteiger partial charge < -0.3 is 10.2 Å². The van der Waals surface area contributed by atoms with Crippen LogP contribution < -0.4 is 10.2 Å². The minimum Gasteiger partial charge on any atom is -0.356 e. The van der Waals surface area contributed by atoms with E-state index < -0.39 is 0 Å². The molecule has 1 atom stereocenters. The van der Waals surface area contributed by atoms with Crippen LogP contribution in [-0.2, 0) is 9.59 Å². The van der Waals surface area contributed by atoms with E-state index in [0.29, 0.717) is 30.6 Å². The van der Waals surface area contributed by atoms with E-state index in [0.717, 1.165) is 16.2 Å². The van der Waals surface area contributed by atoms with Crippen molar-refractivity contribution in [2.75, 3.05) is 24.5 Å². The lowest BCUT2D eigenvalue weighted by atomic mass is 10.1. The molecule has 2 aliphatic heterocycles. The first-order valence-electron chi connectivity index (χ1n) is 10.0. The predicted molar refractivity (Wildman–Crippen MR) is 111 cm³/mol. The van der Waals surface area contributed by atoms with Gasteiger partial charge in [0.25, 0.3) is 11.8 Å². The van der Waals surface area contributed by atoms with E-state index in [4.69, 9.17) is 0 Å². The lowest BCUT2D eigenvalue weighted by Gasteiger charge is -2.17. The average Bonchev–Trinajstić information content (AvgIpc) is 3.23. The third-order valence-electron chi connectivity index (χ3n) is 5.58. The Bertz CT molecular complexity index is 980. The van der Waals surface area contributed by atoms with Gasteiger partial charge in [0.1, 0.15) is 0 Å². The number of anilines is 1. The van der Waals surface area contributed by atoms with E-state index in [1.165, 1.54) is 0 Å². The van der Waals surface area contributed by atoms with E-state index in [2.05, 4.69) is 5.32 Å². The zero-order valence-corrected chi connectivity index (χ0v) is 16.8. The van der Waals surface area contributed by atoms with Crippen LogP contribution in [0, 0.1) is 12.8 Å². The molecule has 2 aliphatic rings. The fourth-order valence-corrected chi connectivity index (χ4v) is 3.89. The number of carbonyl (C=O) groups is 4. The molecule has 1 unspecified atom stereocenters. The first-order chi connectivity index (χ1) is 14.4. The molecular weight excluding hydrogens is 382 g/mol. The quantitative estimate of drug-likeness (QED) is 0.746. The number of imide groups is 1. The molecule has 1 fully saturated rings. The largest absolute Gasteiger partial charge is 0.356 e. The molecule has 7 heteroatoms. The van der Waals surface area contributed by atoms with Crippen molar-refractivity contribution in [3.8, 4) is 0 Å². The summed E-state index contributed by atoms with van der Waals surface area (Å²) in [5, 5.41) is 2.83. The summed E-state index contributed by atoms with van der Waals surface area (Å²) in [5.74, 6) is -0.893. The minimum absolute atomic E-state index is 0.0297. The number of carbonyl (C=O) groups excluding carboxylic acids is 4. The smallest absolute Gasteiger partial charge is 0.261 e. The standard InChI is InChI=1S/C23H23N3O4/c1-15-6-8-17(9-7-15)26-14-16(12-21(26)28)13-24-20(27)10-11-25-22(29)18-4-2-3-5-19(18)23(25)30/h2-9,16H,10-14H2,1H3,(H,24,27). The Morgan fingerprint density at radius 3 is 2.27 bits per heavy atom. The molecule has 0 spiro atoms. The Kier molecular flexibility index (Phi) is 5.35. The molecule has 154 valence electrons. The highest BCUT2D eigenvalue weighted by Crippen LogP contribution is 2.25. The third kappa shape index (κ3) is 3.83. The molecule has 1 saturated heterocycles. The molecule has 0 bridgehead atoms. The fraction of sp³-hybridized carbons (Fsp3) is 0.304. The molecule has 0 radical (unpaired) electrons. The number of hydrogen-bond acceptors (Lipinski definition) is 4. The lowest BCUT2D eigenvalue weighted by molar-refractivity contribution is -0.121. The fourth-order valence-electron chi connectivity index (χ4n) is 3.89. The van der Waals surface area contributed by atoms with E-state index in [9.17, 15) is 19.2 Å². The third-order valence-corrected chi connectivity index (χ3v) is 5.58. The van der Waals surface area contributed by atoms with Crippen LogP contribution in [0.15, 0.2) is 48.5 Å². The molecule has 1 N–H and O–H groups in total. The molecule has 0 aromatic heterocycles. The minimum atomic E-state index is -0.362. The van der Waals surface area contributed by atoms with Gasteiger partial charge in [0.2, 0.25) is 11.8 Å². The van der Waals surface area contributed by atoms with Crippen molar-refractivity contribution in [1.82, 2.24) is 10.2 Å². The maximum atomic E-state index is 12.3. The van der Waals surface area contributed by atoms with Crippen LogP contribution in [0.2, 0.25) is 0 Å². The van der Waals surface area contributed by atoms with Gasteiger partial charge in [-0.15, -0.1) is 0 Å². The SMILES string of the molecule is Cc1ccc(N2CC(CNC(=O)CCN3C(=O)c4ccccc4C3=O)CC2=O)cc1. The summed E-state index contributed by atoms with van der Waals surface area (Å²) in [6.07, 6.45) is 0.417. The van der Waals surface area contributed by atoms with Crippen molar-refractivity contribution in [2.45, 2.75) is 19.8 Å². The second-order valence-electron chi connectivity index (χ2n) is 7.77. The van der Waals surface area contributed by atoms with Crippen molar-refractivity contribution in [2.24, 2.45) is 5.92 Å². The first kappa shape index (κ1) is 19.8. The van der Waals surface area contributed by atoms with Gasteiger partial charge in [-0.2, -0.15) is 0 Å². The van der Waals surface area contributed by atoms with Crippen molar-refractivity contribution >= 4 is 29.3 Å². The van der Waals surface area contributed by atoms with Crippen molar-refractivity contribution < 1.29 is 19.2 Å². The predicted octanol–water partition coefficient (Wildman–Crippen LogP) is 2.15. The number of amides is 4. The number of benzene rings is 2. The van der Waals surface area contributed by atoms with Crippen LogP contribution in [0.1, 0.15) is 39.1 Å². The number of fused-ring (bicyclic) bond motifs is 1. The topological polar surface area (TPSA) is 86.8 Å². The second kappa shape index (κ2) is 8.10. The second-order valence-corrected chi connectivity index (χ2v) is 7.77. The number of nitrogens with zero attached hydrogens (tertiary/aromatic N) is 2. The molecule has 2 aromatic carbocycles. The van der Waals surface area contributed by atoms with E-state index in [1.807, 2.05) is 31.2 Å². The zero-order valence-electron chi connectivity index (χ0n) is 16.8. The van der Waals surface area contributed by atoms with Crippen LogP contribution in [0.5, 0.6) is 0 Å². The monoisotopic (exact) mass is 405 g/mol. The number of rotatable bonds is 6. The summed E-state index contributed by atoms with van der Waals surface area (Å²) in [6, 6.07) is 14.4. The van der Waals surface area contributed by atoms with Gasteiger partial charge in [0.05, 0.1) is 11.1 Å². The Morgan fingerprint density at radius 1 is 1.00 bits per heavy atom. The molecule has 4 rings (SSSR count). The van der Waals surface area contributed by atoms with E-state index >= 15 is 0 Å². The maximum absolute atomic E-state index is 12.3. The van der Waals surface area contributed by atoms with Gasteiger partial charge >= 0.3 is 0 Å². The number of hydrogen-bond donors (Lipinski definition) is 1. The highest BCUT2D eigenvalue weighted by Gasteiger charge is 2.35. The van der Waals surface area contributed by atoms with Crippen molar-refractivity contribution in [1.29, 1.82) is 0 Å². The van der Waals surface area contributed by atoms with Gasteiger partial charge in [0.15, 0.2) is 0 Å². The lowest BCUT2D eigenvalue weighted by Crippen LogP contribution is -2.36. The van der Waals surface area contributed by atoms with E-state index in [1.54, 1.807) is 29.2 Å². The van der Waals surface area contributed by atoms with E-state index in [-0.39, 0.29) is 42.5 Å². The van der Waals surface area contributed by atoms with Crippen LogP contribution in [0.25, 0.3) is 0 Å². The maximum Gasteiger partial charge on any atom is 0.261 e. The summed E-state index contributed by atoms with van der Waals surface area (Å²) in [6.45, 7) is 2.97. The molecular formula is C23H23N3O4. The number of nitrogens with one attached hydrogen (secondary N) is 1. The van der Waals surface area contributed by atoms with Gasteiger partial charge in [0, 0.05) is 44.1 Å².